The highest BCUT2D eigenvalue weighted by atomic mass is 32.2. The highest BCUT2D eigenvalue weighted by molar-refractivity contribution is 7.98. The smallest absolute Gasteiger partial charge is 0.339 e. The molecule has 1 heterocycles. The summed E-state index contributed by atoms with van der Waals surface area (Å²) in [7, 11) is 0. The van der Waals surface area contributed by atoms with Crippen LogP contribution in [-0.4, -0.2) is 36.0 Å². The van der Waals surface area contributed by atoms with Crippen molar-refractivity contribution in [2.24, 2.45) is 0 Å². The van der Waals surface area contributed by atoms with Crippen LogP contribution in [-0.2, 0) is 9.53 Å². The SMILES string of the molecule is CSc1ccc(C(=O)O[C@@H](C)C(=O)Nc2ccc3c(c2)OCO3)cc1[N+](=O)[O-]. The van der Waals surface area contributed by atoms with Crippen LogP contribution in [0.2, 0.25) is 0 Å². The summed E-state index contributed by atoms with van der Waals surface area (Å²) < 4.78 is 15.6. The van der Waals surface area contributed by atoms with Crippen LogP contribution in [0, 0.1) is 10.1 Å². The van der Waals surface area contributed by atoms with Crippen LogP contribution < -0.4 is 14.8 Å². The van der Waals surface area contributed by atoms with E-state index < -0.39 is 22.9 Å². The first-order valence-corrected chi connectivity index (χ1v) is 9.35. The average molecular weight is 404 g/mol. The van der Waals surface area contributed by atoms with Gasteiger partial charge in [0.2, 0.25) is 6.79 Å². The number of amides is 1. The molecule has 1 aliphatic rings. The maximum atomic E-state index is 12.3. The number of thioether (sulfide) groups is 1. The molecular weight excluding hydrogens is 388 g/mol. The van der Waals surface area contributed by atoms with Crippen molar-refractivity contribution in [1.82, 2.24) is 0 Å². The highest BCUT2D eigenvalue weighted by Gasteiger charge is 2.23. The fourth-order valence-corrected chi connectivity index (χ4v) is 3.01. The largest absolute Gasteiger partial charge is 0.454 e. The molecule has 2 aromatic rings. The topological polar surface area (TPSA) is 117 Å². The number of rotatable bonds is 6. The van der Waals surface area contributed by atoms with Gasteiger partial charge in [-0.2, -0.15) is 0 Å². The molecule has 0 saturated heterocycles. The number of ether oxygens (including phenoxy) is 3. The minimum absolute atomic E-state index is 0.00719. The molecule has 10 heteroatoms. The van der Waals surface area contributed by atoms with Crippen LogP contribution in [0.3, 0.4) is 0 Å². The molecule has 1 amide bonds. The van der Waals surface area contributed by atoms with Gasteiger partial charge in [0.15, 0.2) is 17.6 Å². The Labute approximate surface area is 164 Å². The lowest BCUT2D eigenvalue weighted by atomic mass is 10.2. The Morgan fingerprint density at radius 1 is 1.21 bits per heavy atom. The third-order valence-corrected chi connectivity index (χ3v) is 4.69. The number of hydrogen-bond donors (Lipinski definition) is 1. The van der Waals surface area contributed by atoms with E-state index in [1.54, 1.807) is 24.5 Å². The molecule has 0 aromatic heterocycles. The molecule has 0 bridgehead atoms. The summed E-state index contributed by atoms with van der Waals surface area (Å²) in [4.78, 5) is 35.5. The molecule has 146 valence electrons. The summed E-state index contributed by atoms with van der Waals surface area (Å²) >= 11 is 1.20. The number of carbonyl (C=O) groups is 2. The lowest BCUT2D eigenvalue weighted by Gasteiger charge is -2.14. The Morgan fingerprint density at radius 2 is 1.96 bits per heavy atom. The first kappa shape index (κ1) is 19.5. The summed E-state index contributed by atoms with van der Waals surface area (Å²) in [6, 6.07) is 8.90. The van der Waals surface area contributed by atoms with Gasteiger partial charge in [0.1, 0.15) is 0 Å². The van der Waals surface area contributed by atoms with E-state index in [0.29, 0.717) is 22.1 Å². The third kappa shape index (κ3) is 4.17. The van der Waals surface area contributed by atoms with Gasteiger partial charge in [0.05, 0.1) is 15.4 Å². The fourth-order valence-electron chi connectivity index (χ4n) is 2.46. The number of carbonyl (C=O) groups excluding carboxylic acids is 2. The van der Waals surface area contributed by atoms with Crippen LogP contribution in [0.15, 0.2) is 41.3 Å². The molecule has 1 atom stereocenters. The Bertz CT molecular complexity index is 948. The van der Waals surface area contributed by atoms with Crippen LogP contribution in [0.25, 0.3) is 0 Å². The Kier molecular flexibility index (Phi) is 5.69. The fraction of sp³-hybridized carbons (Fsp3) is 0.222. The van der Waals surface area contributed by atoms with Gasteiger partial charge in [-0.15, -0.1) is 11.8 Å². The number of nitro benzene ring substituents is 1. The summed E-state index contributed by atoms with van der Waals surface area (Å²) in [5, 5.41) is 13.7. The molecule has 3 rings (SSSR count). The van der Waals surface area contributed by atoms with Gasteiger partial charge in [-0.25, -0.2) is 4.79 Å². The number of nitro groups is 1. The van der Waals surface area contributed by atoms with Gasteiger partial charge in [0.25, 0.3) is 11.6 Å². The maximum Gasteiger partial charge on any atom is 0.339 e. The molecule has 9 nitrogen and oxygen atoms in total. The predicted molar refractivity (Wildman–Crippen MR) is 101 cm³/mol. The van der Waals surface area contributed by atoms with Crippen molar-refractivity contribution < 1.29 is 28.7 Å². The second kappa shape index (κ2) is 8.17. The molecule has 0 unspecified atom stereocenters. The molecule has 0 radical (unpaired) electrons. The third-order valence-electron chi connectivity index (χ3n) is 3.90. The average Bonchev–Trinajstić information content (AvgIpc) is 3.15. The molecule has 2 aromatic carbocycles. The molecule has 0 saturated carbocycles. The standard InChI is InChI=1S/C18H16N2O7S/c1-10(17(21)19-12-4-5-14-15(8-12)26-9-25-14)27-18(22)11-3-6-16(28-2)13(7-11)20(23)24/h3-8,10H,9H2,1-2H3,(H,19,21)/t10-/m0/s1. The lowest BCUT2D eigenvalue weighted by Crippen LogP contribution is -2.30. The van der Waals surface area contributed by atoms with E-state index in [1.807, 2.05) is 0 Å². The molecule has 1 aliphatic heterocycles. The monoisotopic (exact) mass is 404 g/mol. The van der Waals surface area contributed by atoms with Crippen molar-refractivity contribution in [3.05, 3.63) is 52.1 Å². The van der Waals surface area contributed by atoms with Crippen LogP contribution in [0.1, 0.15) is 17.3 Å². The number of esters is 1. The quantitative estimate of drug-likeness (QED) is 0.337. The van der Waals surface area contributed by atoms with Crippen molar-refractivity contribution in [2.45, 2.75) is 17.9 Å². The zero-order chi connectivity index (χ0) is 20.3. The van der Waals surface area contributed by atoms with Gasteiger partial charge in [-0.1, -0.05) is 0 Å². The maximum absolute atomic E-state index is 12.3. The van der Waals surface area contributed by atoms with E-state index in [2.05, 4.69) is 5.32 Å². The van der Waals surface area contributed by atoms with Gasteiger partial charge < -0.3 is 19.5 Å². The van der Waals surface area contributed by atoms with E-state index in [1.165, 1.54) is 30.8 Å². The van der Waals surface area contributed by atoms with E-state index in [4.69, 9.17) is 14.2 Å². The molecule has 0 fully saturated rings. The minimum atomic E-state index is -1.11. The Hall–Kier alpha value is -3.27. The van der Waals surface area contributed by atoms with Crippen LogP contribution in [0.5, 0.6) is 11.5 Å². The number of nitrogens with zero attached hydrogens (tertiary/aromatic N) is 1. The number of fused-ring (bicyclic) bond motifs is 1. The van der Waals surface area contributed by atoms with Gasteiger partial charge in [-0.05, 0) is 37.4 Å². The normalized spacial score (nSPS) is 12.9. The first-order valence-electron chi connectivity index (χ1n) is 8.13. The van der Waals surface area contributed by atoms with Crippen molar-refractivity contribution in [3.63, 3.8) is 0 Å². The van der Waals surface area contributed by atoms with Gasteiger partial charge in [-0.3, -0.25) is 14.9 Å². The predicted octanol–water partition coefficient (Wildman–Crippen LogP) is 3.23. The molecular formula is C18H16N2O7S. The Balaban J connectivity index is 1.66. The summed E-state index contributed by atoms with van der Waals surface area (Å²) in [6.07, 6.45) is 0.584. The summed E-state index contributed by atoms with van der Waals surface area (Å²) in [5.74, 6) is -0.303. The van der Waals surface area contributed by atoms with Crippen molar-refractivity contribution in [2.75, 3.05) is 18.4 Å². The van der Waals surface area contributed by atoms with Gasteiger partial charge >= 0.3 is 5.97 Å². The van der Waals surface area contributed by atoms with E-state index in [-0.39, 0.29) is 18.0 Å². The zero-order valence-corrected chi connectivity index (χ0v) is 15.8. The molecule has 1 N–H and O–H groups in total. The van der Waals surface area contributed by atoms with Crippen molar-refractivity contribution in [3.8, 4) is 11.5 Å². The number of anilines is 1. The first-order chi connectivity index (χ1) is 13.4. The summed E-state index contributed by atoms with van der Waals surface area (Å²) in [5.41, 5.74) is 0.253. The zero-order valence-electron chi connectivity index (χ0n) is 15.0. The van der Waals surface area contributed by atoms with Crippen molar-refractivity contribution >= 4 is 35.0 Å². The molecule has 0 spiro atoms. The van der Waals surface area contributed by atoms with Gasteiger partial charge in [0, 0.05) is 17.8 Å². The van der Waals surface area contributed by atoms with Crippen molar-refractivity contribution in [1.29, 1.82) is 0 Å². The van der Waals surface area contributed by atoms with E-state index >= 15 is 0 Å². The van der Waals surface area contributed by atoms with Crippen LogP contribution in [0.4, 0.5) is 11.4 Å². The second-order valence-electron chi connectivity index (χ2n) is 5.75. The van der Waals surface area contributed by atoms with E-state index in [0.717, 1.165) is 6.07 Å². The van der Waals surface area contributed by atoms with E-state index in [9.17, 15) is 19.7 Å². The lowest BCUT2D eigenvalue weighted by molar-refractivity contribution is -0.387. The van der Waals surface area contributed by atoms with Crippen LogP contribution >= 0.6 is 11.8 Å². The molecule has 28 heavy (non-hydrogen) atoms. The minimum Gasteiger partial charge on any atom is -0.454 e. The Morgan fingerprint density at radius 3 is 2.68 bits per heavy atom. The number of hydrogen-bond acceptors (Lipinski definition) is 8. The molecule has 0 aliphatic carbocycles. The number of nitrogens with one attached hydrogen (secondary N) is 1. The number of benzene rings is 2. The second-order valence-corrected chi connectivity index (χ2v) is 6.60. The summed E-state index contributed by atoms with van der Waals surface area (Å²) in [6.45, 7) is 1.52. The highest BCUT2D eigenvalue weighted by Crippen LogP contribution is 2.34.